The van der Waals surface area contributed by atoms with Crippen molar-refractivity contribution in [1.29, 1.82) is 0 Å². The van der Waals surface area contributed by atoms with Gasteiger partial charge in [-0.15, -0.1) is 11.8 Å². The van der Waals surface area contributed by atoms with Gasteiger partial charge >= 0.3 is 0 Å². The number of hydrogen-bond acceptors (Lipinski definition) is 3. The molecule has 19 heavy (non-hydrogen) atoms. The molecule has 0 bridgehead atoms. The van der Waals surface area contributed by atoms with Crippen molar-refractivity contribution in [3.8, 4) is 0 Å². The Morgan fingerprint density at radius 3 is 2.79 bits per heavy atom. The second-order valence-electron chi connectivity index (χ2n) is 4.92. The van der Waals surface area contributed by atoms with E-state index in [-0.39, 0.29) is 17.9 Å². The maximum Gasteiger partial charge on any atom is 0.224 e. The Morgan fingerprint density at radius 2 is 2.21 bits per heavy atom. The van der Waals surface area contributed by atoms with Gasteiger partial charge in [-0.2, -0.15) is 0 Å². The average molecular weight is 278 g/mol. The summed E-state index contributed by atoms with van der Waals surface area (Å²) in [6, 6.07) is 8.55. The predicted octanol–water partition coefficient (Wildman–Crippen LogP) is 2.59. The summed E-state index contributed by atoms with van der Waals surface area (Å²) in [6.07, 6.45) is 0.949. The SMILES string of the molecule is CCSc1ccc(C(C)NC(=O)C2CCNC2)cc1. The highest BCUT2D eigenvalue weighted by Crippen LogP contribution is 2.21. The first-order chi connectivity index (χ1) is 9.20. The molecule has 2 N–H and O–H groups in total. The van der Waals surface area contributed by atoms with Crippen LogP contribution in [0.1, 0.15) is 31.9 Å². The Labute approximate surface area is 119 Å². The number of nitrogens with one attached hydrogen (secondary N) is 2. The lowest BCUT2D eigenvalue weighted by Crippen LogP contribution is -2.33. The summed E-state index contributed by atoms with van der Waals surface area (Å²) in [7, 11) is 0. The maximum atomic E-state index is 12.0. The van der Waals surface area contributed by atoms with Crippen molar-refractivity contribution in [3.05, 3.63) is 29.8 Å². The second kappa shape index (κ2) is 6.96. The normalized spacial score (nSPS) is 20.2. The monoisotopic (exact) mass is 278 g/mol. The molecule has 0 aromatic heterocycles. The van der Waals surface area contributed by atoms with E-state index >= 15 is 0 Å². The Bertz CT molecular complexity index is 413. The standard InChI is InChI=1S/C15H22N2OS/c1-3-19-14-6-4-12(5-7-14)11(2)17-15(18)13-8-9-16-10-13/h4-7,11,13,16H,3,8-10H2,1-2H3,(H,17,18). The highest BCUT2D eigenvalue weighted by Gasteiger charge is 2.23. The van der Waals surface area contributed by atoms with Crippen molar-refractivity contribution in [1.82, 2.24) is 10.6 Å². The molecule has 1 aliphatic heterocycles. The Hall–Kier alpha value is -1.00. The van der Waals surface area contributed by atoms with E-state index < -0.39 is 0 Å². The van der Waals surface area contributed by atoms with E-state index in [4.69, 9.17) is 0 Å². The summed E-state index contributed by atoms with van der Waals surface area (Å²) in [5, 5.41) is 6.33. The molecule has 0 radical (unpaired) electrons. The zero-order valence-electron chi connectivity index (χ0n) is 11.6. The lowest BCUT2D eigenvalue weighted by atomic mass is 10.1. The summed E-state index contributed by atoms with van der Waals surface area (Å²) in [5.41, 5.74) is 1.17. The fourth-order valence-electron chi connectivity index (χ4n) is 2.31. The third-order valence-corrected chi connectivity index (χ3v) is 4.38. The molecule has 2 atom stereocenters. The fourth-order valence-corrected chi connectivity index (χ4v) is 2.97. The second-order valence-corrected chi connectivity index (χ2v) is 6.26. The Morgan fingerprint density at radius 1 is 1.47 bits per heavy atom. The van der Waals surface area contributed by atoms with Crippen LogP contribution in [0.5, 0.6) is 0 Å². The predicted molar refractivity (Wildman–Crippen MR) is 80.4 cm³/mol. The van der Waals surface area contributed by atoms with Gasteiger partial charge in [0.2, 0.25) is 5.91 Å². The van der Waals surface area contributed by atoms with Gasteiger partial charge in [0.1, 0.15) is 0 Å². The zero-order chi connectivity index (χ0) is 13.7. The van der Waals surface area contributed by atoms with Crippen molar-refractivity contribution in [3.63, 3.8) is 0 Å². The first kappa shape index (κ1) is 14.4. The van der Waals surface area contributed by atoms with Crippen LogP contribution in [0.15, 0.2) is 29.2 Å². The van der Waals surface area contributed by atoms with Crippen molar-refractivity contribution < 1.29 is 4.79 Å². The minimum absolute atomic E-state index is 0.0776. The molecule has 1 aliphatic rings. The fraction of sp³-hybridized carbons (Fsp3) is 0.533. The van der Waals surface area contributed by atoms with E-state index in [1.807, 2.05) is 18.7 Å². The molecule has 1 amide bonds. The van der Waals surface area contributed by atoms with E-state index in [1.54, 1.807) is 0 Å². The van der Waals surface area contributed by atoms with Crippen LogP contribution < -0.4 is 10.6 Å². The van der Waals surface area contributed by atoms with Crippen LogP contribution in [0, 0.1) is 5.92 Å². The molecule has 1 saturated heterocycles. The molecule has 2 rings (SSSR count). The van der Waals surface area contributed by atoms with Crippen LogP contribution in [-0.4, -0.2) is 24.7 Å². The third-order valence-electron chi connectivity index (χ3n) is 3.48. The topological polar surface area (TPSA) is 41.1 Å². The van der Waals surface area contributed by atoms with Gasteiger partial charge in [-0.05, 0) is 43.3 Å². The lowest BCUT2D eigenvalue weighted by Gasteiger charge is -2.17. The number of amides is 1. The van der Waals surface area contributed by atoms with Gasteiger partial charge in [-0.25, -0.2) is 0 Å². The minimum Gasteiger partial charge on any atom is -0.349 e. The van der Waals surface area contributed by atoms with Gasteiger partial charge in [0.25, 0.3) is 0 Å². The molecule has 2 unspecified atom stereocenters. The molecule has 1 fully saturated rings. The summed E-state index contributed by atoms with van der Waals surface area (Å²) in [5.74, 6) is 1.39. The number of carbonyl (C=O) groups excluding carboxylic acids is 1. The zero-order valence-corrected chi connectivity index (χ0v) is 12.4. The van der Waals surface area contributed by atoms with Crippen LogP contribution in [0.4, 0.5) is 0 Å². The molecule has 1 heterocycles. The van der Waals surface area contributed by atoms with Gasteiger partial charge < -0.3 is 10.6 Å². The van der Waals surface area contributed by atoms with Crippen molar-refractivity contribution in [2.45, 2.75) is 31.2 Å². The van der Waals surface area contributed by atoms with Crippen molar-refractivity contribution in [2.75, 3.05) is 18.8 Å². The maximum absolute atomic E-state index is 12.0. The molecular formula is C15H22N2OS. The van der Waals surface area contributed by atoms with E-state index in [9.17, 15) is 4.79 Å². The number of thioether (sulfide) groups is 1. The van der Waals surface area contributed by atoms with Crippen LogP contribution >= 0.6 is 11.8 Å². The molecule has 0 aliphatic carbocycles. The average Bonchev–Trinajstić information content (AvgIpc) is 2.94. The molecule has 1 aromatic carbocycles. The van der Waals surface area contributed by atoms with Crippen molar-refractivity contribution in [2.24, 2.45) is 5.92 Å². The largest absolute Gasteiger partial charge is 0.349 e. The highest BCUT2D eigenvalue weighted by atomic mass is 32.2. The lowest BCUT2D eigenvalue weighted by molar-refractivity contribution is -0.125. The molecule has 0 spiro atoms. The smallest absolute Gasteiger partial charge is 0.224 e. The first-order valence-electron chi connectivity index (χ1n) is 6.94. The van der Waals surface area contributed by atoms with Crippen LogP contribution in [0.25, 0.3) is 0 Å². The van der Waals surface area contributed by atoms with E-state index in [2.05, 4.69) is 41.8 Å². The molecule has 3 nitrogen and oxygen atoms in total. The summed E-state index contributed by atoms with van der Waals surface area (Å²) in [4.78, 5) is 13.3. The summed E-state index contributed by atoms with van der Waals surface area (Å²) >= 11 is 1.83. The van der Waals surface area contributed by atoms with Crippen LogP contribution in [0.3, 0.4) is 0 Å². The Balaban J connectivity index is 1.91. The first-order valence-corrected chi connectivity index (χ1v) is 7.93. The summed E-state index contributed by atoms with van der Waals surface area (Å²) < 4.78 is 0. The molecule has 104 valence electrons. The number of rotatable bonds is 5. The highest BCUT2D eigenvalue weighted by molar-refractivity contribution is 7.99. The molecule has 1 aromatic rings. The number of benzene rings is 1. The van der Waals surface area contributed by atoms with Gasteiger partial charge in [-0.3, -0.25) is 4.79 Å². The van der Waals surface area contributed by atoms with Crippen LogP contribution in [0.2, 0.25) is 0 Å². The van der Waals surface area contributed by atoms with Gasteiger partial charge in [0, 0.05) is 11.4 Å². The van der Waals surface area contributed by atoms with Crippen molar-refractivity contribution >= 4 is 17.7 Å². The van der Waals surface area contributed by atoms with Gasteiger partial charge in [-0.1, -0.05) is 19.1 Å². The van der Waals surface area contributed by atoms with Gasteiger partial charge in [0.05, 0.1) is 12.0 Å². The minimum atomic E-state index is 0.0776. The Kier molecular flexibility index (Phi) is 5.28. The molecule has 4 heteroatoms. The van der Waals surface area contributed by atoms with E-state index in [0.717, 1.165) is 25.3 Å². The van der Waals surface area contributed by atoms with Gasteiger partial charge in [0.15, 0.2) is 0 Å². The summed E-state index contributed by atoms with van der Waals surface area (Å²) in [6.45, 7) is 5.96. The number of hydrogen-bond donors (Lipinski definition) is 2. The molecule has 0 saturated carbocycles. The number of carbonyl (C=O) groups is 1. The van der Waals surface area contributed by atoms with E-state index in [0.29, 0.717) is 0 Å². The van der Waals surface area contributed by atoms with Crippen LogP contribution in [-0.2, 0) is 4.79 Å². The quantitative estimate of drug-likeness (QED) is 0.813. The van der Waals surface area contributed by atoms with E-state index in [1.165, 1.54) is 10.5 Å². The molecular weight excluding hydrogens is 256 g/mol. The third kappa shape index (κ3) is 3.98.